The number of hydrogen-bond acceptors (Lipinski definition) is 5. The van der Waals surface area contributed by atoms with E-state index in [0.29, 0.717) is 18.0 Å². The fourth-order valence-corrected chi connectivity index (χ4v) is 2.70. The second kappa shape index (κ2) is 5.13. The Morgan fingerprint density at radius 1 is 1.39 bits per heavy atom. The van der Waals surface area contributed by atoms with Gasteiger partial charge in [0.2, 0.25) is 10.0 Å². The third kappa shape index (κ3) is 3.12. The van der Waals surface area contributed by atoms with Gasteiger partial charge in [0.25, 0.3) is 0 Å². The van der Waals surface area contributed by atoms with Crippen LogP contribution in [0.2, 0.25) is 0 Å². The lowest BCUT2D eigenvalue weighted by atomic mass is 10.1. The molecule has 0 radical (unpaired) electrons. The lowest BCUT2D eigenvalue weighted by Gasteiger charge is -2.25. The maximum Gasteiger partial charge on any atom is 0.240 e. The molecule has 1 aliphatic rings. The molecule has 1 atom stereocenters. The second-order valence-electron chi connectivity index (χ2n) is 4.36. The summed E-state index contributed by atoms with van der Waals surface area (Å²) in [5.41, 5.74) is 6.42. The van der Waals surface area contributed by atoms with Gasteiger partial charge in [0, 0.05) is 18.3 Å². The first kappa shape index (κ1) is 13.1. The maximum atomic E-state index is 11.5. The zero-order valence-electron chi connectivity index (χ0n) is 9.93. The highest BCUT2D eigenvalue weighted by atomic mass is 32.2. The Morgan fingerprint density at radius 2 is 2.17 bits per heavy atom. The van der Waals surface area contributed by atoms with Gasteiger partial charge in [-0.2, -0.15) is 0 Å². The fourth-order valence-electron chi connectivity index (χ4n) is 1.97. The zero-order valence-corrected chi connectivity index (χ0v) is 10.7. The van der Waals surface area contributed by atoms with Gasteiger partial charge in [-0.25, -0.2) is 13.6 Å². The fraction of sp³-hybridized carbons (Fsp3) is 0.455. The molecule has 5 N–H and O–H groups in total. The van der Waals surface area contributed by atoms with Gasteiger partial charge in [-0.05, 0) is 31.0 Å². The standard InChI is InChI=1S/C11H17N3O3S/c12-8-3-4-10(11(6-8)18(13,15)16)14-9-2-1-5-17-7-9/h3-4,6,9,14H,1-2,5,7,12H2,(H2,13,15,16). The molecule has 18 heavy (non-hydrogen) atoms. The van der Waals surface area contributed by atoms with Crippen LogP contribution in [-0.2, 0) is 14.8 Å². The topological polar surface area (TPSA) is 107 Å². The van der Waals surface area contributed by atoms with E-state index in [1.807, 2.05) is 0 Å². The van der Waals surface area contributed by atoms with Gasteiger partial charge in [-0.1, -0.05) is 0 Å². The Morgan fingerprint density at radius 3 is 2.78 bits per heavy atom. The van der Waals surface area contributed by atoms with Crippen LogP contribution in [-0.4, -0.2) is 27.7 Å². The number of hydrogen-bond donors (Lipinski definition) is 3. The molecule has 0 aromatic heterocycles. The largest absolute Gasteiger partial charge is 0.399 e. The first-order valence-corrected chi connectivity index (χ1v) is 7.28. The molecule has 7 heteroatoms. The van der Waals surface area contributed by atoms with Crippen molar-refractivity contribution in [2.24, 2.45) is 5.14 Å². The van der Waals surface area contributed by atoms with Crippen LogP contribution < -0.4 is 16.2 Å². The average Bonchev–Trinajstić information content (AvgIpc) is 2.31. The number of rotatable bonds is 3. The molecular weight excluding hydrogens is 254 g/mol. The number of sulfonamides is 1. The van der Waals surface area contributed by atoms with Gasteiger partial charge in [-0.15, -0.1) is 0 Å². The molecule has 0 saturated carbocycles. The summed E-state index contributed by atoms with van der Waals surface area (Å²) >= 11 is 0. The van der Waals surface area contributed by atoms with E-state index < -0.39 is 10.0 Å². The summed E-state index contributed by atoms with van der Waals surface area (Å²) < 4.78 is 28.3. The van der Waals surface area contributed by atoms with E-state index in [-0.39, 0.29) is 10.9 Å². The normalized spacial score (nSPS) is 20.6. The molecule has 1 aliphatic heterocycles. The van der Waals surface area contributed by atoms with Crippen LogP contribution in [0.15, 0.2) is 23.1 Å². The maximum absolute atomic E-state index is 11.5. The van der Waals surface area contributed by atoms with E-state index in [2.05, 4.69) is 5.32 Å². The first-order valence-electron chi connectivity index (χ1n) is 5.73. The number of primary sulfonamides is 1. The van der Waals surface area contributed by atoms with Crippen LogP contribution >= 0.6 is 0 Å². The predicted octanol–water partition coefficient (Wildman–Crippen LogP) is 0.507. The molecule has 1 aromatic rings. The van der Waals surface area contributed by atoms with Gasteiger partial charge >= 0.3 is 0 Å². The van der Waals surface area contributed by atoms with Crippen LogP contribution in [0.25, 0.3) is 0 Å². The summed E-state index contributed by atoms with van der Waals surface area (Å²) in [7, 11) is -3.79. The summed E-state index contributed by atoms with van der Waals surface area (Å²) in [6, 6.07) is 4.73. The van der Waals surface area contributed by atoms with Crippen molar-refractivity contribution >= 4 is 21.4 Å². The molecule has 1 heterocycles. The number of ether oxygens (including phenoxy) is 1. The van der Waals surface area contributed by atoms with E-state index in [1.165, 1.54) is 6.07 Å². The van der Waals surface area contributed by atoms with Crippen molar-refractivity contribution < 1.29 is 13.2 Å². The summed E-state index contributed by atoms with van der Waals surface area (Å²) in [5.74, 6) is 0. The van der Waals surface area contributed by atoms with Crippen molar-refractivity contribution in [3.63, 3.8) is 0 Å². The molecule has 100 valence electrons. The van der Waals surface area contributed by atoms with E-state index in [1.54, 1.807) is 12.1 Å². The van der Waals surface area contributed by atoms with Gasteiger partial charge in [0.1, 0.15) is 4.90 Å². The van der Waals surface area contributed by atoms with E-state index in [0.717, 1.165) is 19.4 Å². The van der Waals surface area contributed by atoms with Crippen LogP contribution in [0.1, 0.15) is 12.8 Å². The summed E-state index contributed by atoms with van der Waals surface area (Å²) in [5, 5.41) is 8.32. The first-order chi connectivity index (χ1) is 8.47. The Balaban J connectivity index is 2.26. The monoisotopic (exact) mass is 271 g/mol. The lowest BCUT2D eigenvalue weighted by Crippen LogP contribution is -2.31. The van der Waals surface area contributed by atoms with E-state index in [4.69, 9.17) is 15.6 Å². The van der Waals surface area contributed by atoms with Crippen molar-refractivity contribution in [3.8, 4) is 0 Å². The van der Waals surface area contributed by atoms with Crippen molar-refractivity contribution in [2.45, 2.75) is 23.8 Å². The Kier molecular flexibility index (Phi) is 3.74. The highest BCUT2D eigenvalue weighted by molar-refractivity contribution is 7.89. The minimum atomic E-state index is -3.79. The van der Waals surface area contributed by atoms with Gasteiger partial charge < -0.3 is 15.8 Å². The molecule has 0 bridgehead atoms. The molecule has 1 aromatic carbocycles. The van der Waals surface area contributed by atoms with Crippen molar-refractivity contribution in [2.75, 3.05) is 24.3 Å². The third-order valence-corrected chi connectivity index (χ3v) is 3.78. The van der Waals surface area contributed by atoms with Crippen molar-refractivity contribution in [3.05, 3.63) is 18.2 Å². The Bertz CT molecular complexity index is 524. The number of anilines is 2. The van der Waals surface area contributed by atoms with Gasteiger partial charge in [-0.3, -0.25) is 0 Å². The minimum Gasteiger partial charge on any atom is -0.399 e. The summed E-state index contributed by atoms with van der Waals surface area (Å²) in [4.78, 5) is 0.0214. The Hall–Kier alpha value is -1.31. The second-order valence-corrected chi connectivity index (χ2v) is 5.89. The van der Waals surface area contributed by atoms with Gasteiger partial charge in [0.15, 0.2) is 0 Å². The molecule has 0 spiro atoms. The summed E-state index contributed by atoms with van der Waals surface area (Å²) in [6.45, 7) is 1.32. The predicted molar refractivity (Wildman–Crippen MR) is 69.7 cm³/mol. The molecule has 0 amide bonds. The molecule has 1 fully saturated rings. The summed E-state index contributed by atoms with van der Waals surface area (Å²) in [6.07, 6.45) is 1.89. The SMILES string of the molecule is Nc1ccc(NC2CCCOC2)c(S(N)(=O)=O)c1. The zero-order chi connectivity index (χ0) is 13.2. The van der Waals surface area contributed by atoms with Crippen LogP contribution in [0.3, 0.4) is 0 Å². The highest BCUT2D eigenvalue weighted by Gasteiger charge is 2.19. The van der Waals surface area contributed by atoms with Crippen molar-refractivity contribution in [1.82, 2.24) is 0 Å². The number of nitrogens with two attached hydrogens (primary N) is 2. The molecule has 0 aliphatic carbocycles. The number of benzene rings is 1. The minimum absolute atomic E-state index is 0.0214. The number of nitrogen functional groups attached to an aromatic ring is 1. The number of nitrogens with one attached hydrogen (secondary N) is 1. The Labute approximate surface area is 106 Å². The van der Waals surface area contributed by atoms with Gasteiger partial charge in [0.05, 0.1) is 12.3 Å². The smallest absolute Gasteiger partial charge is 0.240 e. The average molecular weight is 271 g/mol. The van der Waals surface area contributed by atoms with E-state index in [9.17, 15) is 8.42 Å². The van der Waals surface area contributed by atoms with Crippen molar-refractivity contribution in [1.29, 1.82) is 0 Å². The molecular formula is C11H17N3O3S. The van der Waals surface area contributed by atoms with Crippen LogP contribution in [0, 0.1) is 0 Å². The van der Waals surface area contributed by atoms with E-state index >= 15 is 0 Å². The van der Waals surface area contributed by atoms with Crippen LogP contribution in [0.5, 0.6) is 0 Å². The molecule has 1 unspecified atom stereocenters. The quantitative estimate of drug-likeness (QED) is 0.694. The van der Waals surface area contributed by atoms with Crippen LogP contribution in [0.4, 0.5) is 11.4 Å². The third-order valence-electron chi connectivity index (χ3n) is 2.83. The molecule has 2 rings (SSSR count). The molecule has 1 saturated heterocycles. The highest BCUT2D eigenvalue weighted by Crippen LogP contribution is 2.24. The lowest BCUT2D eigenvalue weighted by molar-refractivity contribution is 0.0875. The molecule has 6 nitrogen and oxygen atoms in total.